The van der Waals surface area contributed by atoms with Gasteiger partial charge in [-0.1, -0.05) is 12.2 Å². The number of carbonyl (C=O) groups is 4. The van der Waals surface area contributed by atoms with Crippen molar-refractivity contribution in [3.8, 4) is 0 Å². The fourth-order valence-electron chi connectivity index (χ4n) is 1.06. The van der Waals surface area contributed by atoms with Crippen LogP contribution in [-0.4, -0.2) is 65.6 Å². The van der Waals surface area contributed by atoms with E-state index in [1.165, 1.54) is 0 Å². The van der Waals surface area contributed by atoms with Crippen LogP contribution in [0.1, 0.15) is 0 Å². The van der Waals surface area contributed by atoms with Crippen molar-refractivity contribution in [3.63, 3.8) is 0 Å². The lowest BCUT2D eigenvalue weighted by Gasteiger charge is -2.29. The minimum Gasteiger partial charge on any atom is -0.479 e. The number of rotatable bonds is 6. The summed E-state index contributed by atoms with van der Waals surface area (Å²) in [6, 6.07) is -4.93. The molecule has 0 radical (unpaired) electrons. The predicted molar refractivity (Wildman–Crippen MR) is 61.5 cm³/mol. The summed E-state index contributed by atoms with van der Waals surface area (Å²) in [5.41, 5.74) is 0. The Bertz CT molecular complexity index is 362. The summed E-state index contributed by atoms with van der Waals surface area (Å²) in [5.74, 6) is -7.87. The van der Waals surface area contributed by atoms with Crippen LogP contribution in [-0.2, 0) is 19.2 Å². The van der Waals surface area contributed by atoms with E-state index in [4.69, 9.17) is 20.4 Å². The fraction of sp³-hybridized carbons (Fsp3) is 0.286. The molecule has 0 amide bonds. The van der Waals surface area contributed by atoms with Crippen LogP contribution >= 0.6 is 24.8 Å². The van der Waals surface area contributed by atoms with Gasteiger partial charge >= 0.3 is 23.9 Å². The third kappa shape index (κ3) is 3.56. The molecule has 0 aliphatic rings. The van der Waals surface area contributed by atoms with Crippen molar-refractivity contribution in [2.75, 3.05) is 0 Å². The van der Waals surface area contributed by atoms with E-state index < -0.39 is 40.3 Å². The lowest BCUT2D eigenvalue weighted by molar-refractivity contribution is -0.161. The monoisotopic (exact) mass is 297 g/mol. The standard InChI is InChI=1S/C7H7NO8S2/c9-3(10)1(4(11)12)8(7(17)18)2(5(13)14)6(15)16/h1-2H,(H,9,10)(H,11,12)(H,13,14)(H,15,16)(H,17,18). The van der Waals surface area contributed by atoms with Crippen molar-refractivity contribution in [3.05, 3.63) is 0 Å². The minimum absolute atomic E-state index is 0.00617. The van der Waals surface area contributed by atoms with Gasteiger partial charge in [0.25, 0.3) is 0 Å². The smallest absolute Gasteiger partial charge is 0.338 e. The first-order chi connectivity index (χ1) is 8.11. The molecule has 0 fully saturated rings. The maximum atomic E-state index is 10.7. The zero-order valence-electron chi connectivity index (χ0n) is 8.38. The van der Waals surface area contributed by atoms with E-state index in [0.717, 1.165) is 0 Å². The lowest BCUT2D eigenvalue weighted by atomic mass is 10.2. The van der Waals surface area contributed by atoms with E-state index in [0.29, 0.717) is 0 Å². The second kappa shape index (κ2) is 6.16. The van der Waals surface area contributed by atoms with Crippen LogP contribution in [0.4, 0.5) is 0 Å². The largest absolute Gasteiger partial charge is 0.479 e. The number of carboxylic acid groups (broad SMARTS) is 4. The third-order valence-corrected chi connectivity index (χ3v) is 2.15. The van der Waals surface area contributed by atoms with Crippen molar-refractivity contribution in [2.24, 2.45) is 0 Å². The maximum absolute atomic E-state index is 10.7. The van der Waals surface area contributed by atoms with Crippen molar-refractivity contribution >= 4 is 53.0 Å². The molecule has 0 bridgehead atoms. The van der Waals surface area contributed by atoms with Gasteiger partial charge in [-0.25, -0.2) is 19.2 Å². The van der Waals surface area contributed by atoms with Crippen LogP contribution in [0, 0.1) is 0 Å². The van der Waals surface area contributed by atoms with Gasteiger partial charge in [-0.3, -0.25) is 0 Å². The highest BCUT2D eigenvalue weighted by atomic mass is 32.1. The van der Waals surface area contributed by atoms with Gasteiger partial charge in [0.15, 0.2) is 0 Å². The van der Waals surface area contributed by atoms with E-state index >= 15 is 0 Å². The first kappa shape index (κ1) is 16.1. The average molecular weight is 297 g/mol. The zero-order valence-corrected chi connectivity index (χ0v) is 10.1. The number of hydrogen-bond donors (Lipinski definition) is 5. The molecule has 0 heterocycles. The Kier molecular flexibility index (Phi) is 5.52. The predicted octanol–water partition coefficient (Wildman–Crippen LogP) is -1.42. The first-order valence-electron chi connectivity index (χ1n) is 4.03. The highest BCUT2D eigenvalue weighted by Gasteiger charge is 2.44. The first-order valence-corrected chi connectivity index (χ1v) is 4.89. The van der Waals surface area contributed by atoms with Crippen molar-refractivity contribution in [1.82, 2.24) is 4.90 Å². The summed E-state index contributed by atoms with van der Waals surface area (Å²) < 4.78 is -0.778. The molecule has 18 heavy (non-hydrogen) atoms. The van der Waals surface area contributed by atoms with Gasteiger partial charge in [-0.15, -0.1) is 12.6 Å². The Morgan fingerprint density at radius 2 is 1.06 bits per heavy atom. The Morgan fingerprint density at radius 3 is 1.17 bits per heavy atom. The van der Waals surface area contributed by atoms with Crippen molar-refractivity contribution in [2.45, 2.75) is 12.1 Å². The maximum Gasteiger partial charge on any atom is 0.338 e. The van der Waals surface area contributed by atoms with Crippen LogP contribution in [0.5, 0.6) is 0 Å². The van der Waals surface area contributed by atoms with Crippen LogP contribution in [0.2, 0.25) is 0 Å². The average Bonchev–Trinajstić information content (AvgIpc) is 2.13. The fourth-order valence-corrected chi connectivity index (χ4v) is 1.50. The molecule has 0 aromatic rings. The highest BCUT2D eigenvalue weighted by molar-refractivity contribution is 8.10. The molecule has 0 saturated carbocycles. The summed E-state index contributed by atoms with van der Waals surface area (Å²) in [6.45, 7) is 0. The van der Waals surface area contributed by atoms with Crippen LogP contribution < -0.4 is 0 Å². The number of carboxylic acids is 4. The van der Waals surface area contributed by atoms with Gasteiger partial charge in [0.1, 0.15) is 4.32 Å². The van der Waals surface area contributed by atoms with Crippen molar-refractivity contribution in [1.29, 1.82) is 0 Å². The number of thiocarbonyl (C=S) groups is 1. The topological polar surface area (TPSA) is 152 Å². The van der Waals surface area contributed by atoms with Gasteiger partial charge < -0.3 is 25.3 Å². The van der Waals surface area contributed by atoms with Crippen molar-refractivity contribution < 1.29 is 39.6 Å². The molecule has 0 aromatic heterocycles. The molecule has 11 heteroatoms. The van der Waals surface area contributed by atoms with E-state index in [2.05, 4.69) is 24.8 Å². The van der Waals surface area contributed by atoms with Gasteiger partial charge in [0.05, 0.1) is 0 Å². The second-order valence-corrected chi connectivity index (χ2v) is 3.96. The van der Waals surface area contributed by atoms with Gasteiger partial charge in [-0.2, -0.15) is 0 Å². The van der Waals surface area contributed by atoms with Crippen LogP contribution in [0.3, 0.4) is 0 Å². The highest BCUT2D eigenvalue weighted by Crippen LogP contribution is 2.12. The summed E-state index contributed by atoms with van der Waals surface area (Å²) in [6.07, 6.45) is 0. The normalized spacial score (nSPS) is 10.2. The molecule has 4 N–H and O–H groups in total. The van der Waals surface area contributed by atoms with E-state index in [-0.39, 0.29) is 4.90 Å². The third-order valence-electron chi connectivity index (χ3n) is 1.71. The molecule has 0 atom stereocenters. The molecular formula is C7H7NO8S2. The molecule has 0 aromatic carbocycles. The summed E-state index contributed by atoms with van der Waals surface area (Å²) >= 11 is 7.84. The Labute approximate surface area is 110 Å². The number of hydrogen-bond acceptors (Lipinski definition) is 5. The molecule has 0 saturated heterocycles. The van der Waals surface area contributed by atoms with E-state index in [1.54, 1.807) is 0 Å². The number of thiol groups is 1. The molecule has 0 unspecified atom stereocenters. The number of nitrogens with zero attached hydrogens (tertiary/aromatic N) is 1. The summed E-state index contributed by atoms with van der Waals surface area (Å²) in [4.78, 5) is 42.9. The van der Waals surface area contributed by atoms with Crippen LogP contribution in [0.25, 0.3) is 0 Å². The molecule has 0 rings (SSSR count). The van der Waals surface area contributed by atoms with E-state index in [1.807, 2.05) is 0 Å². The summed E-state index contributed by atoms with van der Waals surface area (Å²) in [7, 11) is 0. The molecule has 100 valence electrons. The quantitative estimate of drug-likeness (QED) is 0.224. The molecule has 9 nitrogen and oxygen atoms in total. The van der Waals surface area contributed by atoms with Gasteiger partial charge in [0, 0.05) is 0 Å². The Morgan fingerprint density at radius 1 is 0.833 bits per heavy atom. The SMILES string of the molecule is O=C(O)C(C(=O)O)N(C(=S)S)C(C(=O)O)C(=O)O. The molecule has 0 aliphatic carbocycles. The van der Waals surface area contributed by atoms with Crippen LogP contribution in [0.15, 0.2) is 0 Å². The molecule has 0 aliphatic heterocycles. The van der Waals surface area contributed by atoms with E-state index in [9.17, 15) is 19.2 Å². The van der Waals surface area contributed by atoms with Gasteiger partial charge in [0.2, 0.25) is 12.1 Å². The summed E-state index contributed by atoms with van der Waals surface area (Å²) in [5, 5.41) is 34.7. The molecular weight excluding hydrogens is 290 g/mol. The van der Waals surface area contributed by atoms with Gasteiger partial charge in [-0.05, 0) is 0 Å². The molecule has 0 spiro atoms. The minimum atomic E-state index is -2.47. The Balaban J connectivity index is 5.73. The number of aliphatic carboxylic acids is 4. The second-order valence-electron chi connectivity index (χ2n) is 2.85. The lowest BCUT2D eigenvalue weighted by Crippen LogP contribution is -2.58. The zero-order chi connectivity index (χ0) is 14.6. The Hall–Kier alpha value is -1.88.